The lowest BCUT2D eigenvalue weighted by Crippen LogP contribution is -2.42. The molecule has 24 heavy (non-hydrogen) atoms. The molecular weight excluding hydrogens is 308 g/mol. The van der Waals surface area contributed by atoms with Gasteiger partial charge in [0.2, 0.25) is 0 Å². The zero-order valence-electron chi connectivity index (χ0n) is 13.7. The summed E-state index contributed by atoms with van der Waals surface area (Å²) in [7, 11) is 3.15. The van der Waals surface area contributed by atoms with Gasteiger partial charge in [-0.15, -0.1) is 0 Å². The summed E-state index contributed by atoms with van der Waals surface area (Å²) in [6.45, 7) is 0.500. The van der Waals surface area contributed by atoms with Gasteiger partial charge < -0.3 is 19.7 Å². The normalized spacial score (nSPS) is 9.92. The summed E-state index contributed by atoms with van der Waals surface area (Å²) in [6.07, 6.45) is 0. The Balaban J connectivity index is 1.75. The molecular formula is C18H20N2O4. The highest BCUT2D eigenvalue weighted by molar-refractivity contribution is 6.40. The topological polar surface area (TPSA) is 67.9 Å². The number of hydrogen-bond donors (Lipinski definition) is 1. The molecule has 0 aliphatic carbocycles. The van der Waals surface area contributed by atoms with Gasteiger partial charge in [-0.1, -0.05) is 18.2 Å². The fourth-order valence-electron chi connectivity index (χ4n) is 2.00. The van der Waals surface area contributed by atoms with E-state index in [-0.39, 0.29) is 13.2 Å². The number of hydrogen-bond acceptors (Lipinski definition) is 4. The monoisotopic (exact) mass is 328 g/mol. The molecule has 0 spiro atoms. The van der Waals surface area contributed by atoms with Crippen molar-refractivity contribution >= 4 is 17.5 Å². The van der Waals surface area contributed by atoms with E-state index in [1.54, 1.807) is 62.7 Å². The van der Waals surface area contributed by atoms with Crippen molar-refractivity contribution in [3.05, 3.63) is 54.6 Å². The smallest absolute Gasteiger partial charge is 0.316 e. The van der Waals surface area contributed by atoms with Gasteiger partial charge in [-0.25, -0.2) is 0 Å². The Kier molecular flexibility index (Phi) is 6.19. The first kappa shape index (κ1) is 17.3. The van der Waals surface area contributed by atoms with Crippen molar-refractivity contribution in [2.45, 2.75) is 0 Å². The molecule has 0 saturated carbocycles. The van der Waals surface area contributed by atoms with E-state index in [9.17, 15) is 9.59 Å². The quantitative estimate of drug-likeness (QED) is 0.649. The van der Waals surface area contributed by atoms with Crippen LogP contribution in [0.4, 0.5) is 5.69 Å². The molecule has 0 fully saturated rings. The number of likely N-dealkylation sites (N-methyl/N-ethyl adjacent to an activating group) is 1. The zero-order chi connectivity index (χ0) is 17.4. The van der Waals surface area contributed by atoms with Crippen LogP contribution in [0.2, 0.25) is 0 Å². The zero-order valence-corrected chi connectivity index (χ0v) is 13.7. The van der Waals surface area contributed by atoms with E-state index in [0.29, 0.717) is 11.4 Å². The van der Waals surface area contributed by atoms with Gasteiger partial charge in [-0.05, 0) is 36.4 Å². The standard InChI is InChI=1S/C18H20N2O4/c1-20(14-6-4-3-5-7-14)18(22)17(21)19-12-13-24-16-10-8-15(23-2)9-11-16/h3-11H,12-13H2,1-2H3,(H,19,21). The van der Waals surface area contributed by atoms with Crippen molar-refractivity contribution in [2.24, 2.45) is 0 Å². The highest BCUT2D eigenvalue weighted by Gasteiger charge is 2.19. The average Bonchev–Trinajstić information content (AvgIpc) is 2.65. The molecule has 0 heterocycles. The lowest BCUT2D eigenvalue weighted by molar-refractivity contribution is -0.137. The first-order valence-corrected chi connectivity index (χ1v) is 7.49. The molecule has 0 bridgehead atoms. The number of nitrogens with zero attached hydrogens (tertiary/aromatic N) is 1. The van der Waals surface area contributed by atoms with E-state index in [2.05, 4.69) is 5.32 Å². The molecule has 0 radical (unpaired) electrons. The van der Waals surface area contributed by atoms with Crippen molar-refractivity contribution in [2.75, 3.05) is 32.2 Å². The van der Waals surface area contributed by atoms with E-state index in [1.807, 2.05) is 6.07 Å². The highest BCUT2D eigenvalue weighted by Crippen LogP contribution is 2.16. The van der Waals surface area contributed by atoms with Gasteiger partial charge in [0.25, 0.3) is 0 Å². The number of amides is 2. The van der Waals surface area contributed by atoms with Crippen LogP contribution in [0.1, 0.15) is 0 Å². The summed E-state index contributed by atoms with van der Waals surface area (Å²) in [5, 5.41) is 2.55. The summed E-state index contributed by atoms with van der Waals surface area (Å²) in [4.78, 5) is 25.2. The van der Waals surface area contributed by atoms with E-state index in [0.717, 1.165) is 5.75 Å². The van der Waals surface area contributed by atoms with Crippen molar-refractivity contribution in [3.8, 4) is 11.5 Å². The Hall–Kier alpha value is -3.02. The predicted molar refractivity (Wildman–Crippen MR) is 91.4 cm³/mol. The predicted octanol–water partition coefficient (Wildman–Crippen LogP) is 1.85. The maximum Gasteiger partial charge on any atom is 0.316 e. The van der Waals surface area contributed by atoms with Crippen LogP contribution in [0, 0.1) is 0 Å². The van der Waals surface area contributed by atoms with E-state index >= 15 is 0 Å². The molecule has 6 nitrogen and oxygen atoms in total. The van der Waals surface area contributed by atoms with Crippen LogP contribution >= 0.6 is 0 Å². The molecule has 2 aromatic rings. The molecule has 2 aromatic carbocycles. The first-order valence-electron chi connectivity index (χ1n) is 7.49. The summed E-state index contributed by atoms with van der Waals surface area (Å²) in [5.74, 6) is 0.119. The second-order valence-electron chi connectivity index (χ2n) is 4.98. The third-order valence-corrected chi connectivity index (χ3v) is 3.36. The number of nitrogens with one attached hydrogen (secondary N) is 1. The molecule has 0 aliphatic rings. The molecule has 6 heteroatoms. The van der Waals surface area contributed by atoms with Crippen LogP contribution in [0.15, 0.2) is 54.6 Å². The van der Waals surface area contributed by atoms with Crippen LogP contribution < -0.4 is 19.7 Å². The fraction of sp³-hybridized carbons (Fsp3) is 0.222. The van der Waals surface area contributed by atoms with E-state index < -0.39 is 11.8 Å². The second kappa shape index (κ2) is 8.57. The van der Waals surface area contributed by atoms with Gasteiger partial charge in [0, 0.05) is 12.7 Å². The number of carbonyl (C=O) groups excluding carboxylic acids is 2. The minimum atomic E-state index is -0.667. The Labute approximate surface area is 141 Å². The fourth-order valence-corrected chi connectivity index (χ4v) is 2.00. The molecule has 2 rings (SSSR count). The maximum atomic E-state index is 12.0. The number of benzene rings is 2. The third kappa shape index (κ3) is 4.74. The summed E-state index contributed by atoms with van der Waals surface area (Å²) in [6, 6.07) is 16.1. The Bertz CT molecular complexity index is 671. The second-order valence-corrected chi connectivity index (χ2v) is 4.98. The summed E-state index contributed by atoms with van der Waals surface area (Å²) < 4.78 is 10.5. The van der Waals surface area contributed by atoms with Crippen molar-refractivity contribution in [3.63, 3.8) is 0 Å². The van der Waals surface area contributed by atoms with Gasteiger partial charge >= 0.3 is 11.8 Å². The molecule has 1 N–H and O–H groups in total. The lowest BCUT2D eigenvalue weighted by Gasteiger charge is -2.16. The summed E-state index contributed by atoms with van der Waals surface area (Å²) in [5.41, 5.74) is 0.659. The molecule has 2 amide bonds. The lowest BCUT2D eigenvalue weighted by atomic mass is 10.3. The minimum Gasteiger partial charge on any atom is -0.497 e. The Morgan fingerprint density at radius 3 is 2.25 bits per heavy atom. The average molecular weight is 328 g/mol. The summed E-state index contributed by atoms with van der Waals surface area (Å²) >= 11 is 0. The number of carbonyl (C=O) groups is 2. The van der Waals surface area contributed by atoms with Crippen molar-refractivity contribution in [1.82, 2.24) is 5.32 Å². The molecule has 0 atom stereocenters. The Morgan fingerprint density at radius 1 is 1.00 bits per heavy atom. The van der Waals surface area contributed by atoms with Gasteiger partial charge in [-0.3, -0.25) is 9.59 Å². The van der Waals surface area contributed by atoms with Crippen molar-refractivity contribution in [1.29, 1.82) is 0 Å². The largest absolute Gasteiger partial charge is 0.497 e. The van der Waals surface area contributed by atoms with Crippen molar-refractivity contribution < 1.29 is 19.1 Å². The van der Waals surface area contributed by atoms with Crippen LogP contribution in [-0.2, 0) is 9.59 Å². The van der Waals surface area contributed by atoms with Crippen LogP contribution in [0.5, 0.6) is 11.5 Å². The Morgan fingerprint density at radius 2 is 1.62 bits per heavy atom. The SMILES string of the molecule is COc1ccc(OCCNC(=O)C(=O)N(C)c2ccccc2)cc1. The minimum absolute atomic E-state index is 0.235. The number of para-hydroxylation sites is 1. The molecule has 0 unspecified atom stereocenters. The van der Waals surface area contributed by atoms with Gasteiger partial charge in [-0.2, -0.15) is 0 Å². The third-order valence-electron chi connectivity index (χ3n) is 3.36. The molecule has 0 saturated heterocycles. The van der Waals surface area contributed by atoms with E-state index in [1.165, 1.54) is 4.90 Å². The van der Waals surface area contributed by atoms with Gasteiger partial charge in [0.1, 0.15) is 18.1 Å². The van der Waals surface area contributed by atoms with Gasteiger partial charge in [0.05, 0.1) is 13.7 Å². The molecule has 0 aromatic heterocycles. The first-order chi connectivity index (χ1) is 11.6. The van der Waals surface area contributed by atoms with E-state index in [4.69, 9.17) is 9.47 Å². The number of anilines is 1. The van der Waals surface area contributed by atoms with Crippen LogP contribution in [0.25, 0.3) is 0 Å². The molecule has 0 aliphatic heterocycles. The van der Waals surface area contributed by atoms with Crippen LogP contribution in [-0.4, -0.2) is 39.1 Å². The maximum absolute atomic E-state index is 12.0. The highest BCUT2D eigenvalue weighted by atomic mass is 16.5. The molecule has 126 valence electrons. The van der Waals surface area contributed by atoms with Gasteiger partial charge in [0.15, 0.2) is 0 Å². The number of methoxy groups -OCH3 is 1. The van der Waals surface area contributed by atoms with Crippen LogP contribution in [0.3, 0.4) is 0 Å². The number of ether oxygens (including phenoxy) is 2. The number of rotatable bonds is 6.